The number of halogens is 1. The van der Waals surface area contributed by atoms with Gasteiger partial charge in [0.15, 0.2) is 0 Å². The van der Waals surface area contributed by atoms with Crippen LogP contribution in [0.3, 0.4) is 0 Å². The maximum atomic E-state index is 12.2. The number of rotatable bonds is 4. The van der Waals surface area contributed by atoms with Crippen LogP contribution in [0.1, 0.15) is 38.2 Å². The summed E-state index contributed by atoms with van der Waals surface area (Å²) < 4.78 is 7.30. The molecule has 1 aromatic carbocycles. The van der Waals surface area contributed by atoms with E-state index < -0.39 is 0 Å². The quantitative estimate of drug-likeness (QED) is 0.497. The van der Waals surface area contributed by atoms with E-state index in [1.165, 1.54) is 5.56 Å². The van der Waals surface area contributed by atoms with Crippen molar-refractivity contribution in [1.29, 1.82) is 5.41 Å². The molecule has 2 N–H and O–H groups in total. The van der Waals surface area contributed by atoms with Gasteiger partial charge in [0, 0.05) is 87.0 Å². The molecule has 5 rings (SSSR count). The number of ether oxygens (including phenoxy) is 1. The molecule has 1 fully saturated rings. The van der Waals surface area contributed by atoms with Crippen LogP contribution < -0.4 is 10.2 Å². The van der Waals surface area contributed by atoms with Crippen molar-refractivity contribution in [1.82, 2.24) is 20.0 Å². The third-order valence-corrected chi connectivity index (χ3v) is 7.56. The lowest BCUT2D eigenvalue weighted by molar-refractivity contribution is -0.128. The van der Waals surface area contributed by atoms with Crippen LogP contribution in [0.5, 0.6) is 0 Å². The first-order valence-corrected chi connectivity index (χ1v) is 12.8. The van der Waals surface area contributed by atoms with Gasteiger partial charge in [0.05, 0.1) is 17.8 Å². The van der Waals surface area contributed by atoms with E-state index in [2.05, 4.69) is 21.4 Å². The van der Waals surface area contributed by atoms with E-state index in [1.807, 2.05) is 30.4 Å². The third-order valence-electron chi connectivity index (χ3n) is 7.25. The van der Waals surface area contributed by atoms with Gasteiger partial charge in [-0.25, -0.2) is 0 Å². The normalized spacial score (nSPS) is 19.1. The number of nitrogens with one attached hydrogen (secondary N) is 2. The van der Waals surface area contributed by atoms with E-state index in [0.29, 0.717) is 30.0 Å². The van der Waals surface area contributed by atoms with Crippen LogP contribution >= 0.6 is 11.6 Å². The smallest absolute Gasteiger partial charge is 0.219 e. The number of carbonyl (C=O) groups is 1. The highest BCUT2D eigenvalue weighted by molar-refractivity contribution is 6.33. The molecule has 4 heterocycles. The first-order chi connectivity index (χ1) is 16.9. The summed E-state index contributed by atoms with van der Waals surface area (Å²) in [6.07, 6.45) is 8.34. The molecule has 3 aliphatic rings. The second-order valence-corrected chi connectivity index (χ2v) is 10.1. The summed E-state index contributed by atoms with van der Waals surface area (Å²) in [4.78, 5) is 16.1. The number of nitrogens with zero attached hydrogens (tertiary/aromatic N) is 4. The summed E-state index contributed by atoms with van der Waals surface area (Å²) in [5.41, 5.74) is 6.11. The topological polar surface area (TPSA) is 86.5 Å². The average Bonchev–Trinajstić information content (AvgIpc) is 3.29. The van der Waals surface area contributed by atoms with Crippen LogP contribution in [0.2, 0.25) is 5.02 Å². The van der Waals surface area contributed by atoms with Crippen molar-refractivity contribution in [2.24, 2.45) is 7.05 Å². The minimum Gasteiger partial charge on any atom is -0.385 e. The number of hydrogen-bond donors (Lipinski definition) is 2. The number of fused-ring (bicyclic) bond motifs is 1. The second-order valence-electron chi connectivity index (χ2n) is 9.65. The summed E-state index contributed by atoms with van der Waals surface area (Å²) in [5, 5.41) is 17.9. The Morgan fingerprint density at radius 2 is 2.03 bits per heavy atom. The van der Waals surface area contributed by atoms with Gasteiger partial charge in [0.2, 0.25) is 5.91 Å². The molecule has 1 amide bonds. The molecule has 0 unspecified atom stereocenters. The third kappa shape index (κ3) is 4.95. The summed E-state index contributed by atoms with van der Waals surface area (Å²) in [6.45, 7) is 5.00. The Hall–Kier alpha value is -2.84. The number of amides is 1. The molecule has 0 saturated carbocycles. The van der Waals surface area contributed by atoms with Gasteiger partial charge in [-0.1, -0.05) is 11.6 Å². The Labute approximate surface area is 211 Å². The van der Waals surface area contributed by atoms with Crippen LogP contribution in [0.4, 0.5) is 5.69 Å². The molecule has 2 aromatic rings. The molecular formula is C26H33ClN6O2. The zero-order valence-corrected chi connectivity index (χ0v) is 21.2. The molecule has 0 atom stereocenters. The van der Waals surface area contributed by atoms with Gasteiger partial charge < -0.3 is 19.9 Å². The highest BCUT2D eigenvalue weighted by Crippen LogP contribution is 2.38. The average molecular weight is 497 g/mol. The molecule has 0 spiro atoms. The Morgan fingerprint density at radius 3 is 2.74 bits per heavy atom. The van der Waals surface area contributed by atoms with Crippen LogP contribution in [0.25, 0.3) is 11.1 Å². The zero-order chi connectivity index (χ0) is 24.5. The SMILES string of the molecule is CC(=O)N1CCC(NC2CCOCC2)=C(C(=N)N2CCCc3cc(-c4cnn(C)c4)c(Cl)cc32)C1. The van der Waals surface area contributed by atoms with E-state index in [9.17, 15) is 10.2 Å². The van der Waals surface area contributed by atoms with E-state index in [4.69, 9.17) is 16.3 Å². The van der Waals surface area contributed by atoms with Gasteiger partial charge in [0.1, 0.15) is 5.84 Å². The fraction of sp³-hybridized carbons (Fsp3) is 0.500. The number of anilines is 1. The van der Waals surface area contributed by atoms with E-state index in [0.717, 1.165) is 79.9 Å². The molecule has 0 aliphatic carbocycles. The minimum atomic E-state index is 0.0450. The monoisotopic (exact) mass is 496 g/mol. The molecule has 1 aromatic heterocycles. The lowest BCUT2D eigenvalue weighted by Gasteiger charge is -2.38. The number of aryl methyl sites for hydroxylation is 2. The number of hydrogen-bond acceptors (Lipinski definition) is 5. The minimum absolute atomic E-state index is 0.0450. The fourth-order valence-electron chi connectivity index (χ4n) is 5.28. The molecule has 8 nitrogen and oxygen atoms in total. The van der Waals surface area contributed by atoms with Crippen molar-refractivity contribution in [2.75, 3.05) is 37.7 Å². The Kier molecular flexibility index (Phi) is 6.84. The number of aromatic nitrogens is 2. The molecule has 0 bridgehead atoms. The van der Waals surface area contributed by atoms with Gasteiger partial charge in [0.25, 0.3) is 0 Å². The van der Waals surface area contributed by atoms with Gasteiger partial charge in [-0.05, 0) is 43.4 Å². The molecule has 0 radical (unpaired) electrons. The van der Waals surface area contributed by atoms with Crippen molar-refractivity contribution in [3.05, 3.63) is 46.4 Å². The van der Waals surface area contributed by atoms with Gasteiger partial charge in [-0.2, -0.15) is 5.10 Å². The van der Waals surface area contributed by atoms with E-state index in [-0.39, 0.29) is 5.91 Å². The molecule has 1 saturated heterocycles. The van der Waals surface area contributed by atoms with Crippen LogP contribution in [-0.4, -0.2) is 65.3 Å². The largest absolute Gasteiger partial charge is 0.385 e. The lowest BCUT2D eigenvalue weighted by atomic mass is 9.95. The summed E-state index contributed by atoms with van der Waals surface area (Å²) in [5.74, 6) is 0.500. The lowest BCUT2D eigenvalue weighted by Crippen LogP contribution is -2.46. The van der Waals surface area contributed by atoms with Crippen LogP contribution in [0, 0.1) is 5.41 Å². The summed E-state index contributed by atoms with van der Waals surface area (Å²) >= 11 is 6.76. The molecular weight excluding hydrogens is 464 g/mol. The Balaban J connectivity index is 1.48. The number of amidine groups is 1. The van der Waals surface area contributed by atoms with E-state index in [1.54, 1.807) is 11.6 Å². The molecule has 3 aliphatic heterocycles. The van der Waals surface area contributed by atoms with Crippen molar-refractivity contribution in [3.63, 3.8) is 0 Å². The molecule has 9 heteroatoms. The van der Waals surface area contributed by atoms with Gasteiger partial charge in [-0.3, -0.25) is 14.9 Å². The number of carbonyl (C=O) groups excluding carboxylic acids is 1. The fourth-order valence-corrected chi connectivity index (χ4v) is 5.55. The standard InChI is InChI=1S/C26H33ClN6O2/c1-17(34)32-9-5-24(30-20-6-10-35-11-7-20)22(16-32)26(28)33-8-3-4-18-12-21(23(27)13-25(18)33)19-14-29-31(2)15-19/h12-15,20,28,30H,3-11,16H2,1-2H3. The Bertz CT molecular complexity index is 1170. The molecule has 35 heavy (non-hydrogen) atoms. The first-order valence-electron chi connectivity index (χ1n) is 12.4. The molecule has 186 valence electrons. The highest BCUT2D eigenvalue weighted by Gasteiger charge is 2.30. The maximum absolute atomic E-state index is 12.2. The van der Waals surface area contributed by atoms with Crippen LogP contribution in [0.15, 0.2) is 35.8 Å². The maximum Gasteiger partial charge on any atom is 0.219 e. The first kappa shape index (κ1) is 23.9. The highest BCUT2D eigenvalue weighted by atomic mass is 35.5. The zero-order valence-electron chi connectivity index (χ0n) is 20.4. The van der Waals surface area contributed by atoms with Crippen molar-refractivity contribution in [3.8, 4) is 11.1 Å². The van der Waals surface area contributed by atoms with Crippen molar-refractivity contribution in [2.45, 2.75) is 45.1 Å². The predicted molar refractivity (Wildman–Crippen MR) is 138 cm³/mol. The summed E-state index contributed by atoms with van der Waals surface area (Å²) in [6, 6.07) is 4.48. The summed E-state index contributed by atoms with van der Waals surface area (Å²) in [7, 11) is 1.90. The number of benzene rings is 1. The predicted octanol–water partition coefficient (Wildman–Crippen LogP) is 3.75. The van der Waals surface area contributed by atoms with E-state index >= 15 is 0 Å². The van der Waals surface area contributed by atoms with Crippen LogP contribution in [-0.2, 0) is 23.0 Å². The van der Waals surface area contributed by atoms with Crippen molar-refractivity contribution < 1.29 is 9.53 Å². The van der Waals surface area contributed by atoms with Gasteiger partial charge in [-0.15, -0.1) is 0 Å². The van der Waals surface area contributed by atoms with Crippen molar-refractivity contribution >= 4 is 29.0 Å². The second kappa shape index (κ2) is 10.0. The Morgan fingerprint density at radius 1 is 1.23 bits per heavy atom. The van der Waals surface area contributed by atoms with Gasteiger partial charge >= 0.3 is 0 Å².